The molecule has 4 N–H and O–H groups in total. The summed E-state index contributed by atoms with van der Waals surface area (Å²) >= 11 is 0. The number of hydrogen-bond donors (Lipinski definition) is 2. The Morgan fingerprint density at radius 3 is 2.81 bits per heavy atom. The van der Waals surface area contributed by atoms with E-state index < -0.39 is 0 Å². The first-order chi connectivity index (χ1) is 12.6. The Bertz CT molecular complexity index is 948. The lowest BCUT2D eigenvalue weighted by atomic mass is 10.1. The predicted octanol–water partition coefficient (Wildman–Crippen LogP) is 2.18. The molecule has 0 radical (unpaired) electrons. The molecule has 3 aromatic rings. The molecule has 0 unspecified atom stereocenters. The number of carbonyl (C=O) groups is 1. The van der Waals surface area contributed by atoms with Gasteiger partial charge in [0.1, 0.15) is 11.3 Å². The fourth-order valence-corrected chi connectivity index (χ4v) is 3.25. The van der Waals surface area contributed by atoms with E-state index in [-0.39, 0.29) is 12.4 Å². The number of benzene rings is 1. The lowest BCUT2D eigenvalue weighted by Crippen LogP contribution is -2.13. The highest BCUT2D eigenvalue weighted by Gasteiger charge is 2.17. The van der Waals surface area contributed by atoms with Crippen LogP contribution in [0.1, 0.15) is 31.2 Å². The maximum Gasteiger partial charge on any atom is 0.309 e. The van der Waals surface area contributed by atoms with Gasteiger partial charge in [0.15, 0.2) is 5.82 Å². The van der Waals surface area contributed by atoms with Crippen LogP contribution in [0.5, 0.6) is 0 Å². The summed E-state index contributed by atoms with van der Waals surface area (Å²) in [4.78, 5) is 20.8. The Morgan fingerprint density at radius 1 is 1.31 bits per heavy atom. The molecule has 26 heavy (non-hydrogen) atoms. The number of nitrogens with two attached hydrogens (primary N) is 2. The Morgan fingerprint density at radius 2 is 2.12 bits per heavy atom. The number of rotatable bonds is 7. The summed E-state index contributed by atoms with van der Waals surface area (Å²) in [5, 5.41) is 0.964. The Balaban J connectivity index is 2.19. The molecular weight excluding hydrogens is 330 g/mol. The molecule has 0 spiro atoms. The van der Waals surface area contributed by atoms with Crippen LogP contribution in [0.15, 0.2) is 18.2 Å². The molecule has 0 amide bonds. The Kier molecular flexibility index (Phi) is 5.37. The normalized spacial score (nSPS) is 11.3. The number of aromatic nitrogens is 3. The largest absolute Gasteiger partial charge is 0.469 e. The molecule has 0 saturated carbocycles. The van der Waals surface area contributed by atoms with Crippen LogP contribution in [0.25, 0.3) is 21.9 Å². The summed E-state index contributed by atoms with van der Waals surface area (Å²) in [7, 11) is 1.38. The van der Waals surface area contributed by atoms with Crippen LogP contribution in [0, 0.1) is 0 Å². The molecule has 3 rings (SSSR count). The first-order valence-electron chi connectivity index (χ1n) is 8.93. The van der Waals surface area contributed by atoms with Crippen LogP contribution in [-0.4, -0.2) is 34.2 Å². The van der Waals surface area contributed by atoms with Gasteiger partial charge in [-0.25, -0.2) is 9.97 Å². The third-order valence-electron chi connectivity index (χ3n) is 4.53. The Hall–Kier alpha value is -2.67. The molecule has 2 aromatic heterocycles. The van der Waals surface area contributed by atoms with Gasteiger partial charge in [0.2, 0.25) is 0 Å². The summed E-state index contributed by atoms with van der Waals surface area (Å²) < 4.78 is 6.90. The number of carbonyl (C=O) groups excluding carboxylic acids is 1. The van der Waals surface area contributed by atoms with E-state index in [4.69, 9.17) is 21.2 Å². The number of imidazole rings is 1. The number of ether oxygens (including phenoxy) is 1. The van der Waals surface area contributed by atoms with Crippen molar-refractivity contribution in [1.29, 1.82) is 0 Å². The van der Waals surface area contributed by atoms with Crippen molar-refractivity contribution in [2.75, 3.05) is 19.4 Å². The van der Waals surface area contributed by atoms with Gasteiger partial charge in [-0.3, -0.25) is 4.79 Å². The van der Waals surface area contributed by atoms with Gasteiger partial charge in [0.25, 0.3) is 0 Å². The van der Waals surface area contributed by atoms with Crippen LogP contribution in [-0.2, 0) is 28.9 Å². The van der Waals surface area contributed by atoms with Gasteiger partial charge in [-0.1, -0.05) is 25.5 Å². The summed E-state index contributed by atoms with van der Waals surface area (Å²) in [6.07, 6.45) is 3.24. The van der Waals surface area contributed by atoms with Gasteiger partial charge in [0.05, 0.1) is 24.6 Å². The maximum atomic E-state index is 11.5. The minimum Gasteiger partial charge on any atom is -0.469 e. The number of methoxy groups -OCH3 is 1. The number of esters is 1. The van der Waals surface area contributed by atoms with E-state index in [2.05, 4.69) is 16.5 Å². The number of unbranched alkanes of at least 4 members (excludes halogenated alkanes) is 1. The van der Waals surface area contributed by atoms with Gasteiger partial charge in [0, 0.05) is 24.9 Å². The number of anilines is 1. The molecule has 2 heterocycles. The summed E-state index contributed by atoms with van der Waals surface area (Å²) in [5.41, 5.74) is 15.3. The number of fused-ring (bicyclic) bond motifs is 3. The molecule has 0 atom stereocenters. The molecule has 0 bridgehead atoms. The van der Waals surface area contributed by atoms with Crippen molar-refractivity contribution in [2.45, 2.75) is 39.2 Å². The van der Waals surface area contributed by atoms with E-state index in [0.29, 0.717) is 18.9 Å². The van der Waals surface area contributed by atoms with Gasteiger partial charge in [-0.05, 0) is 18.1 Å². The second-order valence-corrected chi connectivity index (χ2v) is 6.37. The first kappa shape index (κ1) is 18.1. The van der Waals surface area contributed by atoms with Gasteiger partial charge < -0.3 is 20.8 Å². The number of aryl methyl sites for hydroxylation is 1. The summed E-state index contributed by atoms with van der Waals surface area (Å²) in [6.45, 7) is 3.36. The van der Waals surface area contributed by atoms with E-state index in [1.165, 1.54) is 7.11 Å². The third kappa shape index (κ3) is 3.35. The molecule has 138 valence electrons. The molecule has 7 heteroatoms. The van der Waals surface area contributed by atoms with Crippen molar-refractivity contribution in [3.8, 4) is 0 Å². The number of hydrogen-bond acceptors (Lipinski definition) is 6. The topological polar surface area (TPSA) is 109 Å². The van der Waals surface area contributed by atoms with Gasteiger partial charge >= 0.3 is 5.97 Å². The number of pyridine rings is 1. The minimum atomic E-state index is -0.284. The molecule has 0 saturated heterocycles. The molecule has 1 aromatic carbocycles. The predicted molar refractivity (Wildman–Crippen MR) is 103 cm³/mol. The zero-order valence-corrected chi connectivity index (χ0v) is 15.3. The van der Waals surface area contributed by atoms with Crippen molar-refractivity contribution >= 4 is 33.7 Å². The Labute approximate surface area is 152 Å². The van der Waals surface area contributed by atoms with E-state index >= 15 is 0 Å². The van der Waals surface area contributed by atoms with E-state index in [9.17, 15) is 4.79 Å². The fraction of sp³-hybridized carbons (Fsp3) is 0.421. The van der Waals surface area contributed by atoms with E-state index in [1.807, 2.05) is 18.2 Å². The molecule has 0 aliphatic heterocycles. The average Bonchev–Trinajstić information content (AvgIpc) is 2.99. The van der Waals surface area contributed by atoms with Gasteiger partial charge in [-0.15, -0.1) is 0 Å². The monoisotopic (exact) mass is 355 g/mol. The molecular formula is C19H25N5O2. The van der Waals surface area contributed by atoms with E-state index in [0.717, 1.165) is 52.6 Å². The lowest BCUT2D eigenvalue weighted by Gasteiger charge is -2.10. The second kappa shape index (κ2) is 7.70. The highest BCUT2D eigenvalue weighted by Crippen LogP contribution is 2.30. The van der Waals surface area contributed by atoms with Crippen molar-refractivity contribution < 1.29 is 9.53 Å². The van der Waals surface area contributed by atoms with Crippen molar-refractivity contribution in [1.82, 2.24) is 14.5 Å². The summed E-state index contributed by atoms with van der Waals surface area (Å²) in [5.74, 6) is 1.11. The highest BCUT2D eigenvalue weighted by molar-refractivity contribution is 6.06. The average molecular weight is 355 g/mol. The van der Waals surface area contributed by atoms with E-state index in [1.54, 1.807) is 0 Å². The maximum absolute atomic E-state index is 11.5. The van der Waals surface area contributed by atoms with Crippen LogP contribution in [0.3, 0.4) is 0 Å². The van der Waals surface area contributed by atoms with Gasteiger partial charge in [-0.2, -0.15) is 0 Å². The van der Waals surface area contributed by atoms with Crippen LogP contribution < -0.4 is 11.5 Å². The van der Waals surface area contributed by atoms with Crippen molar-refractivity contribution in [2.24, 2.45) is 5.73 Å². The van der Waals surface area contributed by atoms with Crippen LogP contribution >= 0.6 is 0 Å². The number of nitrogens with zero attached hydrogens (tertiary/aromatic N) is 3. The van der Waals surface area contributed by atoms with Crippen molar-refractivity contribution in [3.63, 3.8) is 0 Å². The first-order valence-corrected chi connectivity index (χ1v) is 8.93. The quantitative estimate of drug-likeness (QED) is 0.629. The standard InChI is InChI=1S/C19H25N5O2/c1-3-4-5-15-23-17-18(24(15)9-8-20)13-7-6-12(11-16(25)26-2)10-14(13)22-19(17)21/h6-7,10H,3-5,8-9,11,20H2,1-2H3,(H2,21,22). The fourth-order valence-electron chi connectivity index (χ4n) is 3.25. The second-order valence-electron chi connectivity index (χ2n) is 6.37. The minimum absolute atomic E-state index is 0.204. The molecule has 0 fully saturated rings. The zero-order valence-electron chi connectivity index (χ0n) is 15.3. The third-order valence-corrected chi connectivity index (χ3v) is 4.53. The van der Waals surface area contributed by atoms with Crippen LogP contribution in [0.4, 0.5) is 5.82 Å². The highest BCUT2D eigenvalue weighted by atomic mass is 16.5. The summed E-state index contributed by atoms with van der Waals surface area (Å²) in [6, 6.07) is 5.77. The SMILES string of the molecule is CCCCc1nc2c(N)nc3cc(CC(=O)OC)ccc3c2n1CCN. The smallest absolute Gasteiger partial charge is 0.309 e. The molecule has 7 nitrogen and oxygen atoms in total. The van der Waals surface area contributed by atoms with Crippen molar-refractivity contribution in [3.05, 3.63) is 29.6 Å². The van der Waals surface area contributed by atoms with Crippen LogP contribution in [0.2, 0.25) is 0 Å². The lowest BCUT2D eigenvalue weighted by molar-refractivity contribution is -0.139. The number of nitrogen functional groups attached to an aromatic ring is 1. The molecule has 0 aliphatic carbocycles. The zero-order chi connectivity index (χ0) is 18.7. The molecule has 0 aliphatic rings.